The van der Waals surface area contributed by atoms with Gasteiger partial charge in [0, 0.05) is 28.4 Å². The van der Waals surface area contributed by atoms with Crippen LogP contribution in [0.1, 0.15) is 20.8 Å². The molecule has 6 heteroatoms. The van der Waals surface area contributed by atoms with Gasteiger partial charge in [0.05, 0.1) is 11.3 Å². The Morgan fingerprint density at radius 1 is 0.963 bits per heavy atom. The third-order valence-electron chi connectivity index (χ3n) is 4.25. The molecule has 2 heterocycles. The van der Waals surface area contributed by atoms with Crippen LogP contribution in [-0.4, -0.2) is 27.0 Å². The van der Waals surface area contributed by atoms with Crippen LogP contribution < -0.4 is 5.32 Å². The van der Waals surface area contributed by atoms with E-state index < -0.39 is 11.9 Å². The Balaban J connectivity index is 1.72. The summed E-state index contributed by atoms with van der Waals surface area (Å²) in [5.74, 6) is -1.77. The Morgan fingerprint density at radius 2 is 1.74 bits per heavy atom. The van der Waals surface area contributed by atoms with Gasteiger partial charge in [-0.1, -0.05) is 36.4 Å². The molecule has 6 nitrogen and oxygen atoms in total. The summed E-state index contributed by atoms with van der Waals surface area (Å²) in [6.07, 6.45) is 1.35. The molecule has 132 valence electrons. The first-order valence-corrected chi connectivity index (χ1v) is 8.30. The number of rotatable bonds is 4. The van der Waals surface area contributed by atoms with Crippen molar-refractivity contribution in [3.05, 3.63) is 84.2 Å². The van der Waals surface area contributed by atoms with Crippen molar-refractivity contribution in [3.8, 4) is 11.3 Å². The van der Waals surface area contributed by atoms with Crippen molar-refractivity contribution in [2.75, 3.05) is 5.32 Å². The SMILES string of the molecule is O=C(Nc1ccccc1-c1cc2ccccc2[nH]1)c1cccnc1C(=O)O. The molecule has 0 unspecified atom stereocenters. The zero-order chi connectivity index (χ0) is 18.8. The minimum atomic E-state index is -1.25. The van der Waals surface area contributed by atoms with E-state index in [-0.39, 0.29) is 11.3 Å². The smallest absolute Gasteiger partial charge is 0.355 e. The molecule has 0 saturated heterocycles. The first-order chi connectivity index (χ1) is 13.1. The Hall–Kier alpha value is -3.93. The zero-order valence-electron chi connectivity index (χ0n) is 14.1. The molecule has 0 aliphatic heterocycles. The number of carbonyl (C=O) groups is 2. The Kier molecular flexibility index (Phi) is 4.14. The fourth-order valence-electron chi connectivity index (χ4n) is 2.99. The molecular weight excluding hydrogens is 342 g/mol. The van der Waals surface area contributed by atoms with E-state index >= 15 is 0 Å². The van der Waals surface area contributed by atoms with Crippen LogP contribution in [0.15, 0.2) is 72.9 Å². The largest absolute Gasteiger partial charge is 0.476 e. The van der Waals surface area contributed by atoms with E-state index in [1.165, 1.54) is 18.3 Å². The number of aromatic amines is 1. The second-order valence-electron chi connectivity index (χ2n) is 5.97. The van der Waals surface area contributed by atoms with Gasteiger partial charge in [-0.25, -0.2) is 9.78 Å². The van der Waals surface area contributed by atoms with Gasteiger partial charge in [0.2, 0.25) is 0 Å². The number of nitrogens with one attached hydrogen (secondary N) is 2. The Labute approximate surface area is 154 Å². The maximum Gasteiger partial charge on any atom is 0.355 e. The standard InChI is InChI=1S/C21H15N3O3/c25-20(15-8-5-11-22-19(15)21(26)27)24-17-10-4-2-7-14(17)18-12-13-6-1-3-9-16(13)23-18/h1-12,23H,(H,24,25)(H,26,27). The van der Waals surface area contributed by atoms with Gasteiger partial charge in [0.1, 0.15) is 0 Å². The number of benzene rings is 2. The van der Waals surface area contributed by atoms with Crippen LogP contribution in [-0.2, 0) is 0 Å². The number of pyridine rings is 1. The lowest BCUT2D eigenvalue weighted by molar-refractivity contribution is 0.0686. The van der Waals surface area contributed by atoms with Crippen molar-refractivity contribution < 1.29 is 14.7 Å². The van der Waals surface area contributed by atoms with E-state index in [2.05, 4.69) is 15.3 Å². The van der Waals surface area contributed by atoms with Crippen LogP contribution in [0, 0.1) is 0 Å². The minimum Gasteiger partial charge on any atom is -0.476 e. The fourth-order valence-corrected chi connectivity index (χ4v) is 2.99. The highest BCUT2D eigenvalue weighted by Gasteiger charge is 2.19. The number of aromatic nitrogens is 2. The highest BCUT2D eigenvalue weighted by molar-refractivity contribution is 6.11. The lowest BCUT2D eigenvalue weighted by atomic mass is 10.1. The highest BCUT2D eigenvalue weighted by atomic mass is 16.4. The molecule has 0 atom stereocenters. The predicted octanol–water partition coefficient (Wildman–Crippen LogP) is 4.18. The van der Waals surface area contributed by atoms with Crippen LogP contribution in [0.5, 0.6) is 0 Å². The van der Waals surface area contributed by atoms with E-state index in [4.69, 9.17) is 0 Å². The predicted molar refractivity (Wildman–Crippen MR) is 103 cm³/mol. The van der Waals surface area contributed by atoms with Gasteiger partial charge >= 0.3 is 5.97 Å². The van der Waals surface area contributed by atoms with Crippen molar-refractivity contribution in [1.29, 1.82) is 0 Å². The number of carboxylic acids is 1. The summed E-state index contributed by atoms with van der Waals surface area (Å²) in [6, 6.07) is 20.2. The van der Waals surface area contributed by atoms with Gasteiger partial charge in [0.15, 0.2) is 5.69 Å². The number of hydrogen-bond acceptors (Lipinski definition) is 3. The number of H-pyrrole nitrogens is 1. The number of anilines is 1. The number of para-hydroxylation sites is 2. The summed E-state index contributed by atoms with van der Waals surface area (Å²) in [5, 5.41) is 13.1. The maximum atomic E-state index is 12.7. The average Bonchev–Trinajstić information content (AvgIpc) is 3.12. The van der Waals surface area contributed by atoms with Crippen LogP contribution in [0.3, 0.4) is 0 Å². The molecule has 2 aromatic heterocycles. The first kappa shape index (κ1) is 16.5. The van der Waals surface area contributed by atoms with Gasteiger partial charge in [-0.3, -0.25) is 4.79 Å². The van der Waals surface area contributed by atoms with E-state index in [9.17, 15) is 14.7 Å². The van der Waals surface area contributed by atoms with E-state index in [1.807, 2.05) is 48.5 Å². The van der Waals surface area contributed by atoms with Crippen LogP contribution in [0.4, 0.5) is 5.69 Å². The Bertz CT molecular complexity index is 1130. The number of aromatic carboxylic acids is 1. The lowest BCUT2D eigenvalue weighted by Crippen LogP contribution is -2.18. The second-order valence-corrected chi connectivity index (χ2v) is 5.97. The van der Waals surface area contributed by atoms with Gasteiger partial charge in [-0.05, 0) is 30.3 Å². The summed E-state index contributed by atoms with van der Waals surface area (Å²) in [7, 11) is 0. The van der Waals surface area contributed by atoms with Gasteiger partial charge in [-0.2, -0.15) is 0 Å². The van der Waals surface area contributed by atoms with Gasteiger partial charge in [0.25, 0.3) is 5.91 Å². The number of fused-ring (bicyclic) bond motifs is 1. The minimum absolute atomic E-state index is 0.0106. The lowest BCUT2D eigenvalue weighted by Gasteiger charge is -2.11. The maximum absolute atomic E-state index is 12.7. The summed E-state index contributed by atoms with van der Waals surface area (Å²) in [5.41, 5.74) is 2.97. The number of hydrogen-bond donors (Lipinski definition) is 3. The van der Waals surface area contributed by atoms with Crippen molar-refractivity contribution in [3.63, 3.8) is 0 Å². The second kappa shape index (κ2) is 6.76. The first-order valence-electron chi connectivity index (χ1n) is 8.30. The molecule has 1 amide bonds. The molecule has 0 saturated carbocycles. The van der Waals surface area contributed by atoms with Crippen LogP contribution in [0.2, 0.25) is 0 Å². The van der Waals surface area contributed by atoms with Crippen molar-refractivity contribution in [2.45, 2.75) is 0 Å². The molecule has 2 aromatic carbocycles. The summed E-state index contributed by atoms with van der Waals surface area (Å²) < 4.78 is 0. The van der Waals surface area contributed by atoms with Crippen molar-refractivity contribution >= 4 is 28.5 Å². The molecule has 0 fully saturated rings. The molecule has 3 N–H and O–H groups in total. The fraction of sp³-hybridized carbons (Fsp3) is 0. The van der Waals surface area contributed by atoms with E-state index in [1.54, 1.807) is 6.07 Å². The van der Waals surface area contributed by atoms with Crippen molar-refractivity contribution in [1.82, 2.24) is 9.97 Å². The number of nitrogens with zero attached hydrogens (tertiary/aromatic N) is 1. The van der Waals surface area contributed by atoms with E-state index in [0.717, 1.165) is 22.2 Å². The Morgan fingerprint density at radius 3 is 2.56 bits per heavy atom. The molecule has 0 radical (unpaired) electrons. The highest BCUT2D eigenvalue weighted by Crippen LogP contribution is 2.30. The monoisotopic (exact) mass is 357 g/mol. The third-order valence-corrected chi connectivity index (χ3v) is 4.25. The molecule has 4 aromatic rings. The zero-order valence-corrected chi connectivity index (χ0v) is 14.1. The third kappa shape index (κ3) is 3.16. The molecule has 0 aliphatic rings. The summed E-state index contributed by atoms with van der Waals surface area (Å²) in [6.45, 7) is 0. The number of carboxylic acid groups (broad SMARTS) is 1. The molecular formula is C21H15N3O3. The van der Waals surface area contributed by atoms with Gasteiger partial charge in [-0.15, -0.1) is 0 Å². The van der Waals surface area contributed by atoms with Crippen LogP contribution in [0.25, 0.3) is 22.2 Å². The molecule has 0 aliphatic carbocycles. The number of amides is 1. The normalized spacial score (nSPS) is 10.7. The molecule has 0 spiro atoms. The summed E-state index contributed by atoms with van der Waals surface area (Å²) >= 11 is 0. The summed E-state index contributed by atoms with van der Waals surface area (Å²) in [4.78, 5) is 31.1. The molecule has 0 bridgehead atoms. The number of carbonyl (C=O) groups excluding carboxylic acids is 1. The quantitative estimate of drug-likeness (QED) is 0.510. The van der Waals surface area contributed by atoms with E-state index in [0.29, 0.717) is 5.69 Å². The van der Waals surface area contributed by atoms with Gasteiger partial charge < -0.3 is 15.4 Å². The average molecular weight is 357 g/mol. The van der Waals surface area contributed by atoms with Crippen LogP contribution >= 0.6 is 0 Å². The topological polar surface area (TPSA) is 95.1 Å². The van der Waals surface area contributed by atoms with Crippen molar-refractivity contribution in [2.24, 2.45) is 0 Å². The molecule has 27 heavy (non-hydrogen) atoms. The molecule has 4 rings (SSSR count).